The Bertz CT molecular complexity index is 801. The van der Waals surface area contributed by atoms with Gasteiger partial charge in [0.25, 0.3) is 0 Å². The molecule has 2 bridgehead atoms. The largest absolute Gasteiger partial charge is 0.445 e. The summed E-state index contributed by atoms with van der Waals surface area (Å²) in [7, 11) is 0. The summed E-state index contributed by atoms with van der Waals surface area (Å²) in [5, 5.41) is 0. The molecule has 4 rings (SSSR count). The highest BCUT2D eigenvalue weighted by molar-refractivity contribution is 7.98. The fraction of sp³-hybridized carbons (Fsp3) is 0.318. The Labute approximate surface area is 159 Å². The lowest BCUT2D eigenvalue weighted by molar-refractivity contribution is 0.0832. The van der Waals surface area contributed by atoms with Crippen LogP contribution in [0.1, 0.15) is 30.4 Å². The molecule has 0 aliphatic carbocycles. The van der Waals surface area contributed by atoms with E-state index in [4.69, 9.17) is 4.74 Å². The number of nitrogens with zero attached hydrogens (tertiary/aromatic N) is 1. The van der Waals surface area contributed by atoms with Crippen LogP contribution in [0.25, 0.3) is 5.57 Å². The Balaban J connectivity index is 1.45. The van der Waals surface area contributed by atoms with Gasteiger partial charge in [0.2, 0.25) is 0 Å². The van der Waals surface area contributed by atoms with Crippen LogP contribution >= 0.6 is 11.8 Å². The van der Waals surface area contributed by atoms with E-state index >= 15 is 0 Å². The fourth-order valence-corrected chi connectivity index (χ4v) is 4.34. The molecule has 1 amide bonds. The summed E-state index contributed by atoms with van der Waals surface area (Å²) in [5.74, 6) is 0. The van der Waals surface area contributed by atoms with Gasteiger partial charge in [0.05, 0.1) is 6.04 Å². The Morgan fingerprint density at radius 2 is 1.88 bits per heavy atom. The third-order valence-electron chi connectivity index (χ3n) is 5.27. The van der Waals surface area contributed by atoms with E-state index in [1.165, 1.54) is 16.0 Å². The van der Waals surface area contributed by atoms with Crippen LogP contribution in [-0.4, -0.2) is 29.3 Å². The maximum Gasteiger partial charge on any atom is 0.410 e. The van der Waals surface area contributed by atoms with E-state index in [2.05, 4.69) is 36.6 Å². The molecule has 2 heterocycles. The van der Waals surface area contributed by atoms with E-state index in [1.807, 2.05) is 35.2 Å². The molecule has 134 valence electrons. The molecule has 26 heavy (non-hydrogen) atoms. The molecule has 0 spiro atoms. The Kier molecular flexibility index (Phi) is 5.02. The van der Waals surface area contributed by atoms with Gasteiger partial charge in [-0.05, 0) is 54.4 Å². The molecule has 0 saturated carbocycles. The molecule has 0 radical (unpaired) electrons. The molecule has 2 atom stereocenters. The molecule has 0 N–H and O–H groups in total. The third kappa shape index (κ3) is 3.51. The summed E-state index contributed by atoms with van der Waals surface area (Å²) < 4.78 is 5.57. The van der Waals surface area contributed by atoms with Gasteiger partial charge in [-0.3, -0.25) is 4.90 Å². The van der Waals surface area contributed by atoms with Crippen LogP contribution in [-0.2, 0) is 11.3 Å². The average Bonchev–Trinajstić information content (AvgIpc) is 2.96. The molecule has 1 fully saturated rings. The summed E-state index contributed by atoms with van der Waals surface area (Å²) >= 11 is 1.76. The number of carbonyl (C=O) groups excluding carboxylic acids is 1. The number of thioether (sulfide) groups is 1. The van der Waals surface area contributed by atoms with E-state index in [0.29, 0.717) is 6.61 Å². The molecule has 2 aromatic rings. The number of benzene rings is 2. The molecule has 1 saturated heterocycles. The van der Waals surface area contributed by atoms with Crippen LogP contribution in [0.3, 0.4) is 0 Å². The summed E-state index contributed by atoms with van der Waals surface area (Å²) in [6.07, 6.45) is 7.16. The number of amides is 1. The molecule has 2 unspecified atom stereocenters. The third-order valence-corrected chi connectivity index (χ3v) is 6.02. The van der Waals surface area contributed by atoms with Gasteiger partial charge in [-0.15, -0.1) is 11.8 Å². The van der Waals surface area contributed by atoms with Gasteiger partial charge in [-0.1, -0.05) is 48.5 Å². The monoisotopic (exact) mass is 365 g/mol. The van der Waals surface area contributed by atoms with Gasteiger partial charge in [0, 0.05) is 10.9 Å². The zero-order chi connectivity index (χ0) is 17.9. The van der Waals surface area contributed by atoms with Gasteiger partial charge in [0.15, 0.2) is 0 Å². The van der Waals surface area contributed by atoms with Crippen molar-refractivity contribution in [2.45, 2.75) is 42.8 Å². The second-order valence-corrected chi connectivity index (χ2v) is 7.75. The van der Waals surface area contributed by atoms with Crippen molar-refractivity contribution in [3.8, 4) is 0 Å². The number of rotatable bonds is 4. The van der Waals surface area contributed by atoms with Crippen LogP contribution < -0.4 is 0 Å². The van der Waals surface area contributed by atoms with Gasteiger partial charge in [-0.25, -0.2) is 4.79 Å². The highest BCUT2D eigenvalue weighted by atomic mass is 32.2. The van der Waals surface area contributed by atoms with E-state index < -0.39 is 0 Å². The molecule has 2 aliphatic rings. The van der Waals surface area contributed by atoms with Crippen LogP contribution in [0.2, 0.25) is 0 Å². The van der Waals surface area contributed by atoms with Crippen molar-refractivity contribution >= 4 is 23.4 Å². The van der Waals surface area contributed by atoms with E-state index in [1.54, 1.807) is 11.8 Å². The molecular weight excluding hydrogens is 342 g/mol. The lowest BCUT2D eigenvalue weighted by Crippen LogP contribution is -2.43. The molecule has 2 aliphatic heterocycles. The predicted octanol–water partition coefficient (Wildman–Crippen LogP) is 5.37. The quantitative estimate of drug-likeness (QED) is 0.683. The van der Waals surface area contributed by atoms with Gasteiger partial charge in [0.1, 0.15) is 6.61 Å². The first-order valence-electron chi connectivity index (χ1n) is 9.09. The average molecular weight is 365 g/mol. The zero-order valence-corrected chi connectivity index (χ0v) is 15.7. The summed E-state index contributed by atoms with van der Waals surface area (Å²) in [6, 6.07) is 19.0. The summed E-state index contributed by atoms with van der Waals surface area (Å²) in [4.78, 5) is 15.9. The highest BCUT2D eigenvalue weighted by Gasteiger charge is 2.40. The Morgan fingerprint density at radius 3 is 2.58 bits per heavy atom. The first kappa shape index (κ1) is 17.2. The molecule has 4 heteroatoms. The van der Waals surface area contributed by atoms with Crippen molar-refractivity contribution in [2.75, 3.05) is 6.26 Å². The molecular formula is C22H23NO2S. The minimum atomic E-state index is -0.186. The van der Waals surface area contributed by atoms with Crippen molar-refractivity contribution < 1.29 is 9.53 Å². The first-order chi connectivity index (χ1) is 12.7. The number of hydrogen-bond acceptors (Lipinski definition) is 3. The van der Waals surface area contributed by atoms with Crippen molar-refractivity contribution in [2.24, 2.45) is 0 Å². The van der Waals surface area contributed by atoms with Crippen LogP contribution in [0.15, 0.2) is 65.6 Å². The Hall–Kier alpha value is -2.20. The Morgan fingerprint density at radius 1 is 1.12 bits per heavy atom. The molecule has 2 aromatic carbocycles. The zero-order valence-electron chi connectivity index (χ0n) is 14.9. The maximum atomic E-state index is 12.6. The topological polar surface area (TPSA) is 29.5 Å². The fourth-order valence-electron chi connectivity index (χ4n) is 3.93. The van der Waals surface area contributed by atoms with Crippen molar-refractivity contribution in [3.05, 3.63) is 71.8 Å². The van der Waals surface area contributed by atoms with E-state index in [0.717, 1.165) is 24.8 Å². The van der Waals surface area contributed by atoms with E-state index in [-0.39, 0.29) is 18.2 Å². The second kappa shape index (κ2) is 7.58. The number of fused-ring (bicyclic) bond motifs is 2. The summed E-state index contributed by atoms with van der Waals surface area (Å²) in [6.45, 7) is 0.336. The molecule has 3 nitrogen and oxygen atoms in total. The van der Waals surface area contributed by atoms with Crippen molar-refractivity contribution in [1.82, 2.24) is 4.90 Å². The van der Waals surface area contributed by atoms with E-state index in [9.17, 15) is 4.79 Å². The number of hydrogen-bond donors (Lipinski definition) is 0. The lowest BCUT2D eigenvalue weighted by atomic mass is 9.95. The second-order valence-electron chi connectivity index (χ2n) is 6.87. The lowest BCUT2D eigenvalue weighted by Gasteiger charge is -2.33. The minimum Gasteiger partial charge on any atom is -0.445 e. The highest BCUT2D eigenvalue weighted by Crippen LogP contribution is 2.39. The maximum absolute atomic E-state index is 12.6. The predicted molar refractivity (Wildman–Crippen MR) is 106 cm³/mol. The minimum absolute atomic E-state index is 0.159. The summed E-state index contributed by atoms with van der Waals surface area (Å²) in [5.41, 5.74) is 3.66. The van der Waals surface area contributed by atoms with Crippen LogP contribution in [0, 0.1) is 0 Å². The first-order valence-corrected chi connectivity index (χ1v) is 10.3. The van der Waals surface area contributed by atoms with Crippen LogP contribution in [0.4, 0.5) is 4.79 Å². The SMILES string of the molecule is CSc1ccc(C2=CC3CCC(C2)N3C(=O)OCc2ccccc2)cc1. The van der Waals surface area contributed by atoms with Gasteiger partial charge >= 0.3 is 6.09 Å². The van der Waals surface area contributed by atoms with Gasteiger partial charge in [-0.2, -0.15) is 0 Å². The standard InChI is InChI=1S/C22H23NO2S/c1-26-21-11-7-17(8-12-21)18-13-19-9-10-20(14-18)23(19)22(24)25-15-16-5-3-2-4-6-16/h2-8,11-13,19-20H,9-10,14-15H2,1H3. The smallest absolute Gasteiger partial charge is 0.410 e. The van der Waals surface area contributed by atoms with Gasteiger partial charge < -0.3 is 4.74 Å². The van der Waals surface area contributed by atoms with Crippen molar-refractivity contribution in [3.63, 3.8) is 0 Å². The normalized spacial score (nSPS) is 21.4. The molecule has 0 aromatic heterocycles. The van der Waals surface area contributed by atoms with Crippen LogP contribution in [0.5, 0.6) is 0 Å². The van der Waals surface area contributed by atoms with Crippen molar-refractivity contribution in [1.29, 1.82) is 0 Å². The number of ether oxygens (including phenoxy) is 1. The number of carbonyl (C=O) groups is 1.